The molecule has 1 aromatic heterocycles. The Kier molecular flexibility index (Phi) is 4.23. The summed E-state index contributed by atoms with van der Waals surface area (Å²) >= 11 is 5.90. The monoisotopic (exact) mass is 266 g/mol. The fourth-order valence-corrected chi connectivity index (χ4v) is 1.84. The molecule has 1 N–H and O–H groups in total. The number of hydrogen-bond acceptors (Lipinski definition) is 3. The number of rotatable bonds is 5. The number of imidazole rings is 1. The minimum atomic E-state index is -0.605. The van der Waals surface area contributed by atoms with Crippen molar-refractivity contribution in [1.29, 1.82) is 0 Å². The van der Waals surface area contributed by atoms with Crippen molar-refractivity contribution < 1.29 is 9.84 Å². The number of aliphatic hydroxyl groups is 1. The zero-order valence-electron chi connectivity index (χ0n) is 10.1. The molecule has 4 nitrogen and oxygen atoms in total. The lowest BCUT2D eigenvalue weighted by Crippen LogP contribution is -2.08. The van der Waals surface area contributed by atoms with E-state index in [-0.39, 0.29) is 0 Å². The highest BCUT2D eigenvalue weighted by molar-refractivity contribution is 6.30. The topological polar surface area (TPSA) is 47.3 Å². The van der Waals surface area contributed by atoms with Crippen LogP contribution in [0.3, 0.4) is 0 Å². The van der Waals surface area contributed by atoms with Crippen molar-refractivity contribution in [3.63, 3.8) is 0 Å². The van der Waals surface area contributed by atoms with Crippen molar-refractivity contribution in [2.24, 2.45) is 0 Å². The highest BCUT2D eigenvalue weighted by Gasteiger charge is 2.09. The Bertz CT molecular complexity index is 498. The number of benzene rings is 1. The molecule has 0 saturated heterocycles. The van der Waals surface area contributed by atoms with Gasteiger partial charge in [-0.2, -0.15) is 0 Å². The van der Waals surface area contributed by atoms with Crippen LogP contribution < -0.4 is 4.74 Å². The average Bonchev–Trinajstić information content (AvgIpc) is 2.84. The maximum absolute atomic E-state index is 9.66. The van der Waals surface area contributed by atoms with E-state index < -0.39 is 6.10 Å². The molecule has 0 spiro atoms. The summed E-state index contributed by atoms with van der Waals surface area (Å²) in [5.41, 5.74) is 0.702. The van der Waals surface area contributed by atoms with E-state index in [1.54, 1.807) is 37.6 Å². The lowest BCUT2D eigenvalue weighted by atomic mass is 10.1. The van der Waals surface area contributed by atoms with Crippen molar-refractivity contribution in [2.45, 2.75) is 19.6 Å². The zero-order chi connectivity index (χ0) is 13.0. The number of halogens is 1. The average molecular weight is 267 g/mol. The van der Waals surface area contributed by atoms with E-state index in [1.165, 1.54) is 0 Å². The van der Waals surface area contributed by atoms with Crippen molar-refractivity contribution in [2.75, 3.05) is 6.61 Å². The normalized spacial score (nSPS) is 12.4. The Balaban J connectivity index is 2.00. The van der Waals surface area contributed by atoms with Crippen LogP contribution in [-0.2, 0) is 6.54 Å². The van der Waals surface area contributed by atoms with Gasteiger partial charge in [0.2, 0.25) is 0 Å². The molecule has 2 rings (SSSR count). The standard InChI is InChI=1S/C13H15ClN2O2/c1-10(17)12-8-11(14)2-3-13(12)18-7-6-16-5-4-15-9-16/h2-5,8-10,17H,6-7H2,1H3. The molecule has 0 bridgehead atoms. The first-order valence-corrected chi connectivity index (χ1v) is 6.10. The van der Waals surface area contributed by atoms with Gasteiger partial charge in [-0.15, -0.1) is 0 Å². The summed E-state index contributed by atoms with van der Waals surface area (Å²) in [4.78, 5) is 3.96. The molecular weight excluding hydrogens is 252 g/mol. The molecule has 0 aliphatic heterocycles. The van der Waals surface area contributed by atoms with Crippen molar-refractivity contribution >= 4 is 11.6 Å². The Morgan fingerprint density at radius 2 is 2.33 bits per heavy atom. The van der Waals surface area contributed by atoms with Gasteiger partial charge in [0.1, 0.15) is 12.4 Å². The van der Waals surface area contributed by atoms with Crippen LogP contribution in [0.15, 0.2) is 36.9 Å². The number of aliphatic hydroxyl groups excluding tert-OH is 1. The number of aromatic nitrogens is 2. The lowest BCUT2D eigenvalue weighted by molar-refractivity contribution is 0.190. The molecule has 1 heterocycles. The minimum Gasteiger partial charge on any atom is -0.491 e. The molecule has 1 atom stereocenters. The summed E-state index contributed by atoms with van der Waals surface area (Å²) in [6.07, 6.45) is 4.73. The molecule has 0 radical (unpaired) electrons. The van der Waals surface area contributed by atoms with Crippen LogP contribution in [0, 0.1) is 0 Å². The van der Waals surface area contributed by atoms with E-state index >= 15 is 0 Å². The van der Waals surface area contributed by atoms with Crippen LogP contribution in [-0.4, -0.2) is 21.3 Å². The van der Waals surface area contributed by atoms with Gasteiger partial charge in [-0.1, -0.05) is 11.6 Å². The van der Waals surface area contributed by atoms with Crippen molar-refractivity contribution in [3.05, 3.63) is 47.5 Å². The van der Waals surface area contributed by atoms with E-state index in [1.807, 2.05) is 10.8 Å². The second-order valence-corrected chi connectivity index (χ2v) is 4.44. The minimum absolute atomic E-state index is 0.512. The first-order chi connectivity index (χ1) is 8.66. The molecule has 96 valence electrons. The molecule has 2 aromatic rings. The quantitative estimate of drug-likeness (QED) is 0.905. The van der Waals surface area contributed by atoms with Gasteiger partial charge >= 0.3 is 0 Å². The van der Waals surface area contributed by atoms with E-state index in [2.05, 4.69) is 4.98 Å². The maximum Gasteiger partial charge on any atom is 0.125 e. The highest BCUT2D eigenvalue weighted by atomic mass is 35.5. The molecule has 0 aliphatic rings. The van der Waals surface area contributed by atoms with Crippen LogP contribution in [0.1, 0.15) is 18.6 Å². The Morgan fingerprint density at radius 3 is 3.00 bits per heavy atom. The van der Waals surface area contributed by atoms with Crippen LogP contribution in [0.2, 0.25) is 5.02 Å². The van der Waals surface area contributed by atoms with Crippen LogP contribution in [0.25, 0.3) is 0 Å². The second kappa shape index (κ2) is 5.89. The molecule has 0 aliphatic carbocycles. The number of hydrogen-bond donors (Lipinski definition) is 1. The molecule has 1 unspecified atom stereocenters. The first kappa shape index (κ1) is 12.9. The van der Waals surface area contributed by atoms with Gasteiger partial charge < -0.3 is 14.4 Å². The Morgan fingerprint density at radius 1 is 1.50 bits per heavy atom. The largest absolute Gasteiger partial charge is 0.491 e. The fourth-order valence-electron chi connectivity index (χ4n) is 1.66. The number of nitrogens with zero attached hydrogens (tertiary/aromatic N) is 2. The van der Waals surface area contributed by atoms with Gasteiger partial charge in [-0.25, -0.2) is 4.98 Å². The van der Waals surface area contributed by atoms with Crippen LogP contribution >= 0.6 is 11.6 Å². The third kappa shape index (κ3) is 3.24. The van der Waals surface area contributed by atoms with Gasteiger partial charge in [0.15, 0.2) is 0 Å². The highest BCUT2D eigenvalue weighted by Crippen LogP contribution is 2.28. The lowest BCUT2D eigenvalue weighted by Gasteiger charge is -2.14. The van der Waals surface area contributed by atoms with Gasteiger partial charge in [0.05, 0.1) is 19.0 Å². The molecule has 0 fully saturated rings. The van der Waals surface area contributed by atoms with Crippen molar-refractivity contribution in [1.82, 2.24) is 9.55 Å². The molecule has 0 amide bonds. The van der Waals surface area contributed by atoms with E-state index in [0.29, 0.717) is 29.5 Å². The molecule has 1 aromatic carbocycles. The predicted octanol–water partition coefficient (Wildman–Crippen LogP) is 2.67. The predicted molar refractivity (Wildman–Crippen MR) is 69.8 cm³/mol. The maximum atomic E-state index is 9.66. The number of ether oxygens (including phenoxy) is 1. The van der Waals surface area contributed by atoms with Crippen LogP contribution in [0.5, 0.6) is 5.75 Å². The molecule has 18 heavy (non-hydrogen) atoms. The van der Waals surface area contributed by atoms with Gasteiger partial charge in [-0.3, -0.25) is 0 Å². The third-order valence-electron chi connectivity index (χ3n) is 2.59. The summed E-state index contributed by atoms with van der Waals surface area (Å²) in [6.45, 7) is 2.91. The summed E-state index contributed by atoms with van der Waals surface area (Å²) in [5.74, 6) is 0.662. The molecule has 5 heteroatoms. The SMILES string of the molecule is CC(O)c1cc(Cl)ccc1OCCn1ccnc1. The summed E-state index contributed by atoms with van der Waals surface area (Å²) in [5, 5.41) is 10.2. The Hall–Kier alpha value is -1.52. The summed E-state index contributed by atoms with van der Waals surface area (Å²) in [6, 6.07) is 5.25. The van der Waals surface area contributed by atoms with Crippen LogP contribution in [0.4, 0.5) is 0 Å². The zero-order valence-corrected chi connectivity index (χ0v) is 10.8. The van der Waals surface area contributed by atoms with E-state index in [0.717, 1.165) is 0 Å². The van der Waals surface area contributed by atoms with E-state index in [9.17, 15) is 5.11 Å². The molecular formula is C13H15ClN2O2. The summed E-state index contributed by atoms with van der Waals surface area (Å²) in [7, 11) is 0. The van der Waals surface area contributed by atoms with E-state index in [4.69, 9.17) is 16.3 Å². The van der Waals surface area contributed by atoms with Crippen molar-refractivity contribution in [3.8, 4) is 5.75 Å². The van der Waals surface area contributed by atoms with Gasteiger partial charge in [0, 0.05) is 23.0 Å². The third-order valence-corrected chi connectivity index (χ3v) is 2.82. The smallest absolute Gasteiger partial charge is 0.125 e. The first-order valence-electron chi connectivity index (χ1n) is 5.73. The second-order valence-electron chi connectivity index (χ2n) is 4.01. The van der Waals surface area contributed by atoms with Gasteiger partial charge in [-0.05, 0) is 25.1 Å². The Labute approximate surface area is 111 Å². The fraction of sp³-hybridized carbons (Fsp3) is 0.308. The summed E-state index contributed by atoms with van der Waals surface area (Å²) < 4.78 is 7.59. The molecule has 0 saturated carbocycles. The van der Waals surface area contributed by atoms with Gasteiger partial charge in [0.25, 0.3) is 0 Å².